The Kier molecular flexibility index (Phi) is 3.69. The third kappa shape index (κ3) is 3.01. The molecule has 0 aliphatic heterocycles. The second kappa shape index (κ2) is 5.23. The van der Waals surface area contributed by atoms with Crippen molar-refractivity contribution in [3.8, 4) is 0 Å². The molecule has 0 bridgehead atoms. The molecule has 88 valence electrons. The highest BCUT2D eigenvalue weighted by Crippen LogP contribution is 2.28. The summed E-state index contributed by atoms with van der Waals surface area (Å²) in [5, 5.41) is 5.16. The Hall–Kier alpha value is -1.48. The highest BCUT2D eigenvalue weighted by atomic mass is 32.2. The van der Waals surface area contributed by atoms with E-state index in [4.69, 9.17) is 0 Å². The van der Waals surface area contributed by atoms with Gasteiger partial charge in [-0.05, 0) is 42.4 Å². The van der Waals surface area contributed by atoms with Crippen LogP contribution in [0.4, 0.5) is 4.79 Å². The normalized spacial score (nSPS) is 10.8. The molecule has 0 aliphatic carbocycles. The van der Waals surface area contributed by atoms with Gasteiger partial charge in [-0.25, -0.2) is 0 Å². The van der Waals surface area contributed by atoms with Crippen LogP contribution in [0.5, 0.6) is 0 Å². The van der Waals surface area contributed by atoms with E-state index in [1.807, 2.05) is 44.2 Å². The molecule has 2 aromatic carbocycles. The SMILES string of the molecule is CC(C)NC(=O)Sc1cccc2ccccc12. The first-order valence-electron chi connectivity index (χ1n) is 5.63. The highest BCUT2D eigenvalue weighted by Gasteiger charge is 2.08. The van der Waals surface area contributed by atoms with Crippen molar-refractivity contribution in [2.24, 2.45) is 0 Å². The minimum Gasteiger partial charge on any atom is -0.345 e. The standard InChI is InChI=1S/C14H15NOS/c1-10(2)15-14(16)17-13-9-5-7-11-6-3-4-8-12(11)13/h3-10H,1-2H3,(H,15,16). The largest absolute Gasteiger partial charge is 0.345 e. The Morgan fingerprint density at radius 3 is 2.59 bits per heavy atom. The number of rotatable bonds is 2. The number of thioether (sulfide) groups is 1. The minimum absolute atomic E-state index is 0.00338. The van der Waals surface area contributed by atoms with E-state index in [2.05, 4.69) is 17.4 Å². The van der Waals surface area contributed by atoms with Gasteiger partial charge in [0.25, 0.3) is 5.24 Å². The molecule has 3 heteroatoms. The van der Waals surface area contributed by atoms with Gasteiger partial charge in [-0.3, -0.25) is 4.79 Å². The van der Waals surface area contributed by atoms with Crippen molar-refractivity contribution in [3.05, 3.63) is 42.5 Å². The van der Waals surface area contributed by atoms with Crippen molar-refractivity contribution < 1.29 is 4.79 Å². The first kappa shape index (κ1) is 12.0. The third-order valence-electron chi connectivity index (χ3n) is 2.36. The first-order valence-corrected chi connectivity index (χ1v) is 6.44. The summed E-state index contributed by atoms with van der Waals surface area (Å²) < 4.78 is 0. The summed E-state index contributed by atoms with van der Waals surface area (Å²) in [5.74, 6) is 0. The molecule has 0 aliphatic rings. The maximum atomic E-state index is 11.7. The molecule has 2 nitrogen and oxygen atoms in total. The van der Waals surface area contributed by atoms with Gasteiger partial charge in [-0.2, -0.15) is 0 Å². The molecule has 2 aromatic rings. The lowest BCUT2D eigenvalue weighted by Crippen LogP contribution is -2.26. The van der Waals surface area contributed by atoms with Crippen molar-refractivity contribution in [1.29, 1.82) is 0 Å². The molecule has 1 amide bonds. The third-order valence-corrected chi connectivity index (χ3v) is 3.24. The van der Waals surface area contributed by atoms with E-state index in [0.717, 1.165) is 15.7 Å². The number of carbonyl (C=O) groups is 1. The smallest absolute Gasteiger partial charge is 0.284 e. The van der Waals surface area contributed by atoms with E-state index in [9.17, 15) is 4.79 Å². The Bertz CT molecular complexity index is 531. The number of hydrogen-bond acceptors (Lipinski definition) is 2. The van der Waals surface area contributed by atoms with Crippen LogP contribution in [0.3, 0.4) is 0 Å². The van der Waals surface area contributed by atoms with Gasteiger partial charge in [-0.1, -0.05) is 36.4 Å². The predicted molar refractivity (Wildman–Crippen MR) is 73.5 cm³/mol. The van der Waals surface area contributed by atoms with Gasteiger partial charge in [-0.15, -0.1) is 0 Å². The molecular formula is C14H15NOS. The van der Waals surface area contributed by atoms with Crippen molar-refractivity contribution in [1.82, 2.24) is 5.32 Å². The number of amides is 1. The van der Waals surface area contributed by atoms with E-state index < -0.39 is 0 Å². The van der Waals surface area contributed by atoms with E-state index in [1.165, 1.54) is 11.8 Å². The van der Waals surface area contributed by atoms with Crippen LogP contribution in [-0.2, 0) is 0 Å². The van der Waals surface area contributed by atoms with E-state index in [0.29, 0.717) is 0 Å². The second-order valence-electron chi connectivity index (χ2n) is 4.17. The number of nitrogens with one attached hydrogen (secondary N) is 1. The highest BCUT2D eigenvalue weighted by molar-refractivity contribution is 8.13. The van der Waals surface area contributed by atoms with Crippen LogP contribution in [0.15, 0.2) is 47.4 Å². The summed E-state index contributed by atoms with van der Waals surface area (Å²) in [6.07, 6.45) is 0. The first-order chi connectivity index (χ1) is 8.16. The average Bonchev–Trinajstić information content (AvgIpc) is 2.28. The molecule has 0 saturated heterocycles. The van der Waals surface area contributed by atoms with Gasteiger partial charge in [0, 0.05) is 10.9 Å². The van der Waals surface area contributed by atoms with Crippen molar-refractivity contribution in [3.63, 3.8) is 0 Å². The van der Waals surface area contributed by atoms with Crippen LogP contribution >= 0.6 is 11.8 Å². The maximum Gasteiger partial charge on any atom is 0.284 e. The molecule has 17 heavy (non-hydrogen) atoms. The zero-order valence-electron chi connectivity index (χ0n) is 9.94. The number of hydrogen-bond donors (Lipinski definition) is 1. The number of benzene rings is 2. The Labute approximate surface area is 105 Å². The van der Waals surface area contributed by atoms with Crippen LogP contribution in [0.25, 0.3) is 10.8 Å². The monoisotopic (exact) mass is 245 g/mol. The molecule has 0 atom stereocenters. The number of fused-ring (bicyclic) bond motifs is 1. The summed E-state index contributed by atoms with van der Waals surface area (Å²) in [6, 6.07) is 14.3. The van der Waals surface area contributed by atoms with Gasteiger partial charge < -0.3 is 5.32 Å². The lowest BCUT2D eigenvalue weighted by molar-refractivity contribution is 0.259. The van der Waals surface area contributed by atoms with Crippen LogP contribution in [-0.4, -0.2) is 11.3 Å². The van der Waals surface area contributed by atoms with Gasteiger partial charge in [0.2, 0.25) is 0 Å². The molecule has 0 spiro atoms. The fourth-order valence-electron chi connectivity index (χ4n) is 1.65. The van der Waals surface area contributed by atoms with Crippen LogP contribution in [0, 0.1) is 0 Å². The second-order valence-corrected chi connectivity index (χ2v) is 5.18. The Morgan fingerprint density at radius 1 is 1.12 bits per heavy atom. The van der Waals surface area contributed by atoms with E-state index in [-0.39, 0.29) is 11.3 Å². The number of carbonyl (C=O) groups excluding carboxylic acids is 1. The lowest BCUT2D eigenvalue weighted by Gasteiger charge is -2.09. The van der Waals surface area contributed by atoms with E-state index in [1.54, 1.807) is 0 Å². The fourth-order valence-corrected chi connectivity index (χ4v) is 2.59. The van der Waals surface area contributed by atoms with Crippen LogP contribution in [0.2, 0.25) is 0 Å². The van der Waals surface area contributed by atoms with Crippen LogP contribution < -0.4 is 5.32 Å². The Morgan fingerprint density at radius 2 is 1.82 bits per heavy atom. The fraction of sp³-hybridized carbons (Fsp3) is 0.214. The summed E-state index contributed by atoms with van der Waals surface area (Å²) in [5.41, 5.74) is 0. The van der Waals surface area contributed by atoms with Crippen molar-refractivity contribution >= 4 is 27.8 Å². The van der Waals surface area contributed by atoms with Gasteiger partial charge >= 0.3 is 0 Å². The van der Waals surface area contributed by atoms with Crippen LogP contribution in [0.1, 0.15) is 13.8 Å². The summed E-state index contributed by atoms with van der Waals surface area (Å²) in [6.45, 7) is 3.92. The maximum absolute atomic E-state index is 11.7. The molecule has 1 N–H and O–H groups in total. The molecule has 0 radical (unpaired) electrons. The Balaban J connectivity index is 2.27. The molecule has 0 heterocycles. The van der Waals surface area contributed by atoms with E-state index >= 15 is 0 Å². The van der Waals surface area contributed by atoms with Gasteiger partial charge in [0.1, 0.15) is 0 Å². The topological polar surface area (TPSA) is 29.1 Å². The molecule has 0 saturated carbocycles. The average molecular weight is 245 g/mol. The minimum atomic E-state index is -0.00338. The summed E-state index contributed by atoms with van der Waals surface area (Å²) in [4.78, 5) is 12.7. The molecular weight excluding hydrogens is 230 g/mol. The molecule has 0 aromatic heterocycles. The van der Waals surface area contributed by atoms with Gasteiger partial charge in [0.05, 0.1) is 0 Å². The molecule has 0 fully saturated rings. The zero-order chi connectivity index (χ0) is 12.3. The quantitative estimate of drug-likeness (QED) is 0.809. The summed E-state index contributed by atoms with van der Waals surface area (Å²) in [7, 11) is 0. The van der Waals surface area contributed by atoms with Gasteiger partial charge in [0.15, 0.2) is 0 Å². The molecule has 2 rings (SSSR count). The summed E-state index contributed by atoms with van der Waals surface area (Å²) >= 11 is 1.25. The predicted octanol–water partition coefficient (Wildman–Crippen LogP) is 4.05. The lowest BCUT2D eigenvalue weighted by atomic mass is 10.1. The zero-order valence-corrected chi connectivity index (χ0v) is 10.8. The van der Waals surface area contributed by atoms with Crippen molar-refractivity contribution in [2.75, 3.05) is 0 Å². The molecule has 0 unspecified atom stereocenters. The van der Waals surface area contributed by atoms with Crippen molar-refractivity contribution in [2.45, 2.75) is 24.8 Å².